The second-order valence-electron chi connectivity index (χ2n) is 8.24. The van der Waals surface area contributed by atoms with Crippen molar-refractivity contribution in [1.29, 1.82) is 0 Å². The molecule has 0 aliphatic carbocycles. The van der Waals surface area contributed by atoms with Gasteiger partial charge in [-0.2, -0.15) is 0 Å². The van der Waals surface area contributed by atoms with Crippen LogP contribution in [0.25, 0.3) is 0 Å². The summed E-state index contributed by atoms with van der Waals surface area (Å²) in [5.74, 6) is 0.837. The second-order valence-corrected chi connectivity index (χ2v) is 8.24. The van der Waals surface area contributed by atoms with Gasteiger partial charge in [0, 0.05) is 13.1 Å². The summed E-state index contributed by atoms with van der Waals surface area (Å²) in [6.07, 6.45) is -0.593. The summed E-state index contributed by atoms with van der Waals surface area (Å²) in [4.78, 5) is 0. The average molecular weight is 454 g/mol. The van der Waals surface area contributed by atoms with E-state index >= 15 is 0 Å². The van der Waals surface area contributed by atoms with E-state index in [-0.39, 0.29) is 0 Å². The van der Waals surface area contributed by atoms with Crippen molar-refractivity contribution in [3.05, 3.63) is 137 Å². The molecule has 34 heavy (non-hydrogen) atoms. The number of benzene rings is 4. The highest BCUT2D eigenvalue weighted by atomic mass is 16.5. The van der Waals surface area contributed by atoms with E-state index in [2.05, 4.69) is 29.6 Å². The highest BCUT2D eigenvalue weighted by molar-refractivity contribution is 5.30. The minimum atomic E-state index is -0.593. The van der Waals surface area contributed by atoms with Gasteiger partial charge in [0.25, 0.3) is 0 Å². The van der Waals surface area contributed by atoms with Crippen LogP contribution in [0, 0.1) is 0 Å². The van der Waals surface area contributed by atoms with Crippen LogP contribution in [-0.2, 0) is 31.1 Å². The lowest BCUT2D eigenvalue weighted by Crippen LogP contribution is -2.22. The Bertz CT molecular complexity index is 1110. The Morgan fingerprint density at radius 3 is 1.97 bits per heavy atom. The van der Waals surface area contributed by atoms with Crippen molar-refractivity contribution in [2.24, 2.45) is 0 Å². The van der Waals surface area contributed by atoms with E-state index < -0.39 is 6.10 Å². The molecule has 174 valence electrons. The zero-order valence-corrected chi connectivity index (χ0v) is 19.3. The molecule has 0 saturated heterocycles. The van der Waals surface area contributed by atoms with Crippen molar-refractivity contribution in [1.82, 2.24) is 5.32 Å². The monoisotopic (exact) mass is 453 g/mol. The fourth-order valence-electron chi connectivity index (χ4n) is 3.75. The second kappa shape index (κ2) is 12.7. The minimum absolute atomic E-state index is 0.443. The average Bonchev–Trinajstić information content (AvgIpc) is 2.90. The van der Waals surface area contributed by atoms with Crippen LogP contribution >= 0.6 is 0 Å². The first-order chi connectivity index (χ1) is 16.8. The van der Waals surface area contributed by atoms with Crippen molar-refractivity contribution in [3.8, 4) is 5.75 Å². The third kappa shape index (κ3) is 7.29. The number of aliphatic hydroxyl groups is 1. The third-order valence-electron chi connectivity index (χ3n) is 5.62. The lowest BCUT2D eigenvalue weighted by Gasteiger charge is -2.17. The Balaban J connectivity index is 1.23. The highest BCUT2D eigenvalue weighted by Gasteiger charge is 2.12. The van der Waals surface area contributed by atoms with E-state index in [0.29, 0.717) is 26.4 Å². The molecule has 0 saturated carbocycles. The van der Waals surface area contributed by atoms with Gasteiger partial charge in [0.15, 0.2) is 0 Å². The van der Waals surface area contributed by atoms with E-state index in [1.165, 1.54) is 5.56 Å². The first-order valence-corrected chi connectivity index (χ1v) is 11.6. The molecule has 0 unspecified atom stereocenters. The van der Waals surface area contributed by atoms with E-state index in [9.17, 15) is 5.11 Å². The van der Waals surface area contributed by atoms with Gasteiger partial charge in [0.1, 0.15) is 12.4 Å². The van der Waals surface area contributed by atoms with Crippen molar-refractivity contribution in [2.75, 3.05) is 6.54 Å². The van der Waals surface area contributed by atoms with E-state index in [1.807, 2.05) is 84.9 Å². The summed E-state index contributed by atoms with van der Waals surface area (Å²) in [6.45, 7) is 2.70. The Morgan fingerprint density at radius 2 is 1.24 bits per heavy atom. The van der Waals surface area contributed by atoms with Gasteiger partial charge in [0.2, 0.25) is 0 Å². The minimum Gasteiger partial charge on any atom is -0.489 e. The van der Waals surface area contributed by atoms with Crippen molar-refractivity contribution in [3.63, 3.8) is 0 Å². The summed E-state index contributed by atoms with van der Waals surface area (Å²) in [5.41, 5.74) is 5.32. The molecule has 4 heteroatoms. The summed E-state index contributed by atoms with van der Waals surface area (Å²) < 4.78 is 11.8. The first-order valence-electron chi connectivity index (χ1n) is 11.6. The summed E-state index contributed by atoms with van der Waals surface area (Å²) in [7, 11) is 0. The number of nitrogens with one attached hydrogen (secondary N) is 1. The number of aliphatic hydroxyl groups excluding tert-OH is 1. The number of hydrogen-bond acceptors (Lipinski definition) is 4. The molecule has 0 bridgehead atoms. The van der Waals surface area contributed by atoms with E-state index in [0.717, 1.165) is 34.5 Å². The molecule has 4 aromatic carbocycles. The van der Waals surface area contributed by atoms with Crippen LogP contribution < -0.4 is 10.1 Å². The van der Waals surface area contributed by atoms with Gasteiger partial charge in [-0.05, 0) is 39.9 Å². The predicted octanol–water partition coefficient (Wildman–Crippen LogP) is 5.81. The normalized spacial score (nSPS) is 11.8. The van der Waals surface area contributed by atoms with Crippen LogP contribution in [0.2, 0.25) is 0 Å². The van der Waals surface area contributed by atoms with Gasteiger partial charge in [-0.15, -0.1) is 0 Å². The molecule has 1 atom stereocenters. The molecule has 4 rings (SSSR count). The van der Waals surface area contributed by atoms with Gasteiger partial charge in [-0.3, -0.25) is 0 Å². The lowest BCUT2D eigenvalue weighted by atomic mass is 10.0. The molecular weight excluding hydrogens is 422 g/mol. The van der Waals surface area contributed by atoms with Gasteiger partial charge >= 0.3 is 0 Å². The van der Waals surface area contributed by atoms with Gasteiger partial charge in [0.05, 0.1) is 19.3 Å². The molecular formula is C30H31NO3. The molecule has 0 aromatic heterocycles. The molecule has 0 spiro atoms. The standard InChI is InChI=1S/C30H31NO3/c32-30(20-31-19-24-9-3-1-4-10-24)29-14-8-7-13-27(29)23-33-21-26-15-17-28(18-16-26)34-22-25-11-5-2-6-12-25/h1-18,30-32H,19-23H2/t30-/m0/s1. The zero-order chi connectivity index (χ0) is 23.4. The fraction of sp³-hybridized carbons (Fsp3) is 0.200. The Hall–Kier alpha value is -3.44. The molecule has 0 aliphatic heterocycles. The SMILES string of the molecule is O[C@@H](CNCc1ccccc1)c1ccccc1COCc1ccc(OCc2ccccc2)cc1. The molecule has 4 aromatic rings. The van der Waals surface area contributed by atoms with Gasteiger partial charge < -0.3 is 19.9 Å². The molecule has 0 radical (unpaired) electrons. The summed E-state index contributed by atoms with van der Waals surface area (Å²) in [5, 5.41) is 14.1. The van der Waals surface area contributed by atoms with Crippen LogP contribution in [0.15, 0.2) is 109 Å². The maximum atomic E-state index is 10.7. The van der Waals surface area contributed by atoms with Crippen molar-refractivity contribution >= 4 is 0 Å². The molecule has 0 aliphatic rings. The number of hydrogen-bond donors (Lipinski definition) is 2. The summed E-state index contributed by atoms with van der Waals surface area (Å²) in [6, 6.07) is 36.2. The maximum absolute atomic E-state index is 10.7. The zero-order valence-electron chi connectivity index (χ0n) is 19.3. The Morgan fingerprint density at radius 1 is 0.618 bits per heavy atom. The largest absolute Gasteiger partial charge is 0.489 e. The number of ether oxygens (including phenoxy) is 2. The van der Waals surface area contributed by atoms with Crippen LogP contribution in [0.4, 0.5) is 0 Å². The van der Waals surface area contributed by atoms with E-state index in [1.54, 1.807) is 0 Å². The predicted molar refractivity (Wildman–Crippen MR) is 135 cm³/mol. The lowest BCUT2D eigenvalue weighted by molar-refractivity contribution is 0.103. The van der Waals surface area contributed by atoms with Crippen LogP contribution in [0.1, 0.15) is 33.9 Å². The van der Waals surface area contributed by atoms with Crippen LogP contribution in [0.5, 0.6) is 5.75 Å². The molecule has 2 N–H and O–H groups in total. The van der Waals surface area contributed by atoms with Crippen molar-refractivity contribution in [2.45, 2.75) is 32.5 Å². The maximum Gasteiger partial charge on any atom is 0.119 e. The van der Waals surface area contributed by atoms with Crippen LogP contribution in [-0.4, -0.2) is 11.7 Å². The highest BCUT2D eigenvalue weighted by Crippen LogP contribution is 2.20. The van der Waals surface area contributed by atoms with Crippen LogP contribution in [0.3, 0.4) is 0 Å². The Kier molecular flexibility index (Phi) is 8.86. The quantitative estimate of drug-likeness (QED) is 0.284. The molecule has 4 nitrogen and oxygen atoms in total. The molecule has 0 heterocycles. The first kappa shape index (κ1) is 23.7. The molecule has 0 fully saturated rings. The van der Waals surface area contributed by atoms with Gasteiger partial charge in [-0.1, -0.05) is 97.1 Å². The smallest absolute Gasteiger partial charge is 0.119 e. The fourth-order valence-corrected chi connectivity index (χ4v) is 3.75. The topological polar surface area (TPSA) is 50.7 Å². The van der Waals surface area contributed by atoms with E-state index in [4.69, 9.17) is 9.47 Å². The molecule has 0 amide bonds. The summed E-state index contributed by atoms with van der Waals surface area (Å²) >= 11 is 0. The van der Waals surface area contributed by atoms with Gasteiger partial charge in [-0.25, -0.2) is 0 Å². The van der Waals surface area contributed by atoms with Crippen molar-refractivity contribution < 1.29 is 14.6 Å². The third-order valence-corrected chi connectivity index (χ3v) is 5.62. The Labute approximate surface area is 201 Å². The number of rotatable bonds is 12.